The number of ether oxygens (including phenoxy) is 2. The first kappa shape index (κ1) is 14.3. The number of benzene rings is 1. The van der Waals surface area contributed by atoms with Gasteiger partial charge in [-0.15, -0.1) is 0 Å². The number of carbonyl (C=O) groups is 2. The molecule has 0 spiro atoms. The number of carbonyl (C=O) groups excluding carboxylic acids is 2. The van der Waals surface area contributed by atoms with E-state index in [-0.39, 0.29) is 6.61 Å². The van der Waals surface area contributed by atoms with Crippen LogP contribution in [0.3, 0.4) is 0 Å². The molecule has 18 heavy (non-hydrogen) atoms. The van der Waals surface area contributed by atoms with Crippen molar-refractivity contribution in [2.24, 2.45) is 0 Å². The molecule has 0 bridgehead atoms. The Labute approximate surface area is 110 Å². The van der Waals surface area contributed by atoms with E-state index in [1.165, 1.54) is 0 Å². The summed E-state index contributed by atoms with van der Waals surface area (Å²) in [7, 11) is 0. The van der Waals surface area contributed by atoms with Crippen LogP contribution in [0.1, 0.15) is 16.8 Å². The smallest absolute Gasteiger partial charge is 0.330 e. The van der Waals surface area contributed by atoms with E-state index in [0.717, 1.165) is 6.08 Å². The van der Waals surface area contributed by atoms with Gasteiger partial charge in [-0.1, -0.05) is 6.58 Å². The lowest BCUT2D eigenvalue weighted by Gasteiger charge is -2.06. The van der Waals surface area contributed by atoms with Crippen molar-refractivity contribution < 1.29 is 19.1 Å². The van der Waals surface area contributed by atoms with Gasteiger partial charge in [0.1, 0.15) is 5.75 Å². The molecule has 0 heterocycles. The second-order valence-corrected chi connectivity index (χ2v) is 3.72. The minimum absolute atomic E-state index is 0.281. The Hall–Kier alpha value is -1.81. The lowest BCUT2D eigenvalue weighted by Crippen LogP contribution is -2.06. The van der Waals surface area contributed by atoms with E-state index in [9.17, 15) is 9.59 Å². The molecule has 0 atom stereocenters. The van der Waals surface area contributed by atoms with Crippen LogP contribution in [0, 0.1) is 0 Å². The molecule has 0 saturated carbocycles. The molecule has 1 aromatic rings. The van der Waals surface area contributed by atoms with Crippen molar-refractivity contribution >= 4 is 22.8 Å². The summed E-state index contributed by atoms with van der Waals surface area (Å²) in [6.45, 7) is 3.98. The molecule has 1 rings (SSSR count). The molecule has 0 aromatic heterocycles. The summed E-state index contributed by atoms with van der Waals surface area (Å²) in [5, 5.41) is -0.502. The largest absolute Gasteiger partial charge is 0.493 e. The molecule has 0 unspecified atom stereocenters. The van der Waals surface area contributed by atoms with Crippen molar-refractivity contribution in [3.05, 3.63) is 42.5 Å². The van der Waals surface area contributed by atoms with E-state index in [4.69, 9.17) is 21.1 Å². The fourth-order valence-electron chi connectivity index (χ4n) is 1.16. The fraction of sp³-hybridized carbons (Fsp3) is 0.231. The Bertz CT molecular complexity index is 425. The molecule has 5 heteroatoms. The van der Waals surface area contributed by atoms with Crippen LogP contribution in [-0.4, -0.2) is 24.4 Å². The van der Waals surface area contributed by atoms with E-state index < -0.39 is 11.2 Å². The highest BCUT2D eigenvalue weighted by Gasteiger charge is 2.01. The van der Waals surface area contributed by atoms with E-state index in [2.05, 4.69) is 6.58 Å². The highest BCUT2D eigenvalue weighted by atomic mass is 35.5. The van der Waals surface area contributed by atoms with Crippen molar-refractivity contribution in [2.45, 2.75) is 6.42 Å². The average Bonchev–Trinajstić information content (AvgIpc) is 2.38. The molecule has 0 fully saturated rings. The lowest BCUT2D eigenvalue weighted by atomic mass is 10.2. The maximum Gasteiger partial charge on any atom is 0.330 e. The molecule has 0 radical (unpaired) electrons. The van der Waals surface area contributed by atoms with Gasteiger partial charge in [0.05, 0.1) is 13.2 Å². The van der Waals surface area contributed by atoms with Crippen LogP contribution < -0.4 is 4.74 Å². The topological polar surface area (TPSA) is 52.6 Å². The number of halogens is 1. The summed E-state index contributed by atoms with van der Waals surface area (Å²) < 4.78 is 10.2. The number of hydrogen-bond acceptors (Lipinski definition) is 4. The van der Waals surface area contributed by atoms with Crippen molar-refractivity contribution in [3.8, 4) is 5.75 Å². The molecule has 96 valence electrons. The standard InChI is InChI=1S/C13H13ClO4/c1-2-12(15)18-9-3-8-17-11-6-4-10(5-7-11)13(14)16/h2,4-7H,1,3,8-9H2. The maximum absolute atomic E-state index is 10.8. The van der Waals surface area contributed by atoms with Crippen molar-refractivity contribution in [2.75, 3.05) is 13.2 Å². The van der Waals surface area contributed by atoms with E-state index in [1.807, 2.05) is 0 Å². The van der Waals surface area contributed by atoms with Gasteiger partial charge >= 0.3 is 5.97 Å². The van der Waals surface area contributed by atoms with Gasteiger partial charge < -0.3 is 9.47 Å². The van der Waals surface area contributed by atoms with Crippen LogP contribution in [0.4, 0.5) is 0 Å². The third kappa shape index (κ3) is 5.01. The minimum Gasteiger partial charge on any atom is -0.493 e. The molecule has 0 saturated heterocycles. The molecule has 0 amide bonds. The monoisotopic (exact) mass is 268 g/mol. The summed E-state index contributed by atoms with van der Waals surface area (Å²) in [6, 6.07) is 6.49. The van der Waals surface area contributed by atoms with Gasteiger partial charge in [-0.05, 0) is 35.9 Å². The molecule has 0 aliphatic rings. The van der Waals surface area contributed by atoms with Crippen molar-refractivity contribution in [3.63, 3.8) is 0 Å². The van der Waals surface area contributed by atoms with Gasteiger partial charge in [0.25, 0.3) is 5.24 Å². The third-order valence-electron chi connectivity index (χ3n) is 2.05. The summed E-state index contributed by atoms with van der Waals surface area (Å²) in [4.78, 5) is 21.5. The molecule has 4 nitrogen and oxygen atoms in total. The first-order valence-electron chi connectivity index (χ1n) is 5.35. The summed E-state index contributed by atoms with van der Waals surface area (Å²) in [5.41, 5.74) is 0.420. The second-order valence-electron chi connectivity index (χ2n) is 3.37. The van der Waals surface area contributed by atoms with Crippen LogP contribution in [-0.2, 0) is 9.53 Å². The lowest BCUT2D eigenvalue weighted by molar-refractivity contribution is -0.137. The molecule has 0 aliphatic heterocycles. The van der Waals surface area contributed by atoms with Gasteiger partial charge in [0.15, 0.2) is 0 Å². The Morgan fingerprint density at radius 2 is 1.89 bits per heavy atom. The summed E-state index contributed by atoms with van der Waals surface area (Å²) in [5.74, 6) is 0.187. The quantitative estimate of drug-likeness (QED) is 0.330. The van der Waals surface area contributed by atoms with Gasteiger partial charge in [-0.25, -0.2) is 4.79 Å². The molecule has 0 aliphatic carbocycles. The first-order valence-corrected chi connectivity index (χ1v) is 5.73. The predicted octanol–water partition coefficient (Wildman–Crippen LogP) is 2.56. The van der Waals surface area contributed by atoms with Crippen LogP contribution in [0.25, 0.3) is 0 Å². The highest BCUT2D eigenvalue weighted by Crippen LogP contribution is 2.13. The number of rotatable bonds is 7. The van der Waals surface area contributed by atoms with Gasteiger partial charge in [-0.3, -0.25) is 4.79 Å². The normalized spacial score (nSPS) is 9.61. The molecule has 1 aromatic carbocycles. The number of hydrogen-bond donors (Lipinski definition) is 0. The van der Waals surface area contributed by atoms with E-state index >= 15 is 0 Å². The van der Waals surface area contributed by atoms with Crippen LogP contribution in [0.5, 0.6) is 5.75 Å². The van der Waals surface area contributed by atoms with Crippen LogP contribution >= 0.6 is 11.6 Å². The average molecular weight is 269 g/mol. The van der Waals surface area contributed by atoms with E-state index in [1.54, 1.807) is 24.3 Å². The Kier molecular flexibility index (Phi) is 5.94. The number of esters is 1. The predicted molar refractivity (Wildman–Crippen MR) is 67.9 cm³/mol. The fourth-order valence-corrected chi connectivity index (χ4v) is 1.29. The minimum atomic E-state index is -0.502. The first-order chi connectivity index (χ1) is 8.63. The zero-order valence-corrected chi connectivity index (χ0v) is 10.5. The van der Waals surface area contributed by atoms with Gasteiger partial charge in [-0.2, -0.15) is 0 Å². The summed E-state index contributed by atoms with van der Waals surface area (Å²) >= 11 is 5.31. The van der Waals surface area contributed by atoms with Crippen molar-refractivity contribution in [1.29, 1.82) is 0 Å². The van der Waals surface area contributed by atoms with Crippen LogP contribution in [0.15, 0.2) is 36.9 Å². The van der Waals surface area contributed by atoms with Gasteiger partial charge in [0, 0.05) is 18.1 Å². The van der Waals surface area contributed by atoms with Crippen molar-refractivity contribution in [1.82, 2.24) is 0 Å². The van der Waals surface area contributed by atoms with Crippen LogP contribution in [0.2, 0.25) is 0 Å². The zero-order chi connectivity index (χ0) is 13.4. The molecular weight excluding hydrogens is 256 g/mol. The Morgan fingerprint density at radius 1 is 1.22 bits per heavy atom. The third-order valence-corrected chi connectivity index (χ3v) is 2.27. The SMILES string of the molecule is C=CC(=O)OCCCOc1ccc(C(=O)Cl)cc1. The molecular formula is C13H13ClO4. The Balaban J connectivity index is 2.25. The Morgan fingerprint density at radius 3 is 2.44 bits per heavy atom. The van der Waals surface area contributed by atoms with E-state index in [0.29, 0.717) is 24.3 Å². The summed E-state index contributed by atoms with van der Waals surface area (Å²) in [6.07, 6.45) is 1.69. The second kappa shape index (κ2) is 7.50. The molecule has 0 N–H and O–H groups in total. The highest BCUT2D eigenvalue weighted by molar-refractivity contribution is 6.67. The van der Waals surface area contributed by atoms with Gasteiger partial charge in [0.2, 0.25) is 0 Å². The maximum atomic E-state index is 10.8. The zero-order valence-electron chi connectivity index (χ0n) is 9.73.